The molecule has 1 atom stereocenters. The summed E-state index contributed by atoms with van der Waals surface area (Å²) in [6, 6.07) is 6.55. The van der Waals surface area contributed by atoms with E-state index in [-0.39, 0.29) is 5.84 Å². The fraction of sp³-hybridized carbons (Fsp3) is 0.462. The molecule has 16 heavy (non-hydrogen) atoms. The minimum Gasteiger partial charge on any atom is -0.384 e. The first-order chi connectivity index (χ1) is 7.61. The van der Waals surface area contributed by atoms with Crippen molar-refractivity contribution in [1.82, 2.24) is 0 Å². The van der Waals surface area contributed by atoms with Gasteiger partial charge in [0.2, 0.25) is 0 Å². The Balaban J connectivity index is 2.49. The van der Waals surface area contributed by atoms with E-state index in [4.69, 9.17) is 11.1 Å². The van der Waals surface area contributed by atoms with Crippen LogP contribution < -0.4 is 10.6 Å². The Labute approximate surface area is 96.8 Å². The summed E-state index contributed by atoms with van der Waals surface area (Å²) in [5, 5.41) is 7.65. The lowest BCUT2D eigenvalue weighted by Gasteiger charge is -2.28. The number of nitrogens with two attached hydrogens (primary N) is 1. The second kappa shape index (κ2) is 4.16. The molecule has 1 aliphatic rings. The quantitative estimate of drug-likeness (QED) is 0.590. The van der Waals surface area contributed by atoms with Gasteiger partial charge in [-0.15, -0.1) is 0 Å². The molecule has 1 heterocycles. The van der Waals surface area contributed by atoms with Crippen molar-refractivity contribution in [3.8, 4) is 0 Å². The Kier molecular flexibility index (Phi) is 2.86. The van der Waals surface area contributed by atoms with Crippen LogP contribution >= 0.6 is 0 Å². The SMILES string of the molecule is Cc1cccc(C(=N)N)c1N1CCCC1C. The lowest BCUT2D eigenvalue weighted by Crippen LogP contribution is -2.29. The van der Waals surface area contributed by atoms with Gasteiger partial charge in [-0.2, -0.15) is 0 Å². The van der Waals surface area contributed by atoms with Gasteiger partial charge in [0.1, 0.15) is 5.84 Å². The maximum Gasteiger partial charge on any atom is 0.124 e. The first-order valence-electron chi connectivity index (χ1n) is 5.82. The van der Waals surface area contributed by atoms with E-state index in [1.807, 2.05) is 12.1 Å². The van der Waals surface area contributed by atoms with Gasteiger partial charge in [0.05, 0.1) is 5.69 Å². The summed E-state index contributed by atoms with van der Waals surface area (Å²) in [5.41, 5.74) is 8.88. The highest BCUT2D eigenvalue weighted by molar-refractivity contribution is 6.01. The molecular weight excluding hydrogens is 198 g/mol. The monoisotopic (exact) mass is 217 g/mol. The molecule has 3 nitrogen and oxygen atoms in total. The number of rotatable bonds is 2. The van der Waals surface area contributed by atoms with Crippen molar-refractivity contribution in [3.63, 3.8) is 0 Å². The number of hydrogen-bond donors (Lipinski definition) is 2. The topological polar surface area (TPSA) is 53.1 Å². The normalized spacial score (nSPS) is 20.1. The molecule has 1 aliphatic heterocycles. The third-order valence-corrected chi connectivity index (χ3v) is 3.37. The number of para-hydroxylation sites is 1. The van der Waals surface area contributed by atoms with Crippen molar-refractivity contribution in [3.05, 3.63) is 29.3 Å². The van der Waals surface area contributed by atoms with Crippen molar-refractivity contribution >= 4 is 11.5 Å². The van der Waals surface area contributed by atoms with Crippen LogP contribution in [0.25, 0.3) is 0 Å². The van der Waals surface area contributed by atoms with Crippen molar-refractivity contribution < 1.29 is 0 Å². The molecule has 1 aromatic rings. The van der Waals surface area contributed by atoms with Crippen molar-refractivity contribution in [1.29, 1.82) is 5.41 Å². The molecule has 86 valence electrons. The summed E-state index contributed by atoms with van der Waals surface area (Å²) in [4.78, 5) is 2.38. The number of nitrogens with zero attached hydrogens (tertiary/aromatic N) is 1. The van der Waals surface area contributed by atoms with E-state index in [0.29, 0.717) is 6.04 Å². The van der Waals surface area contributed by atoms with Gasteiger partial charge in [-0.25, -0.2) is 0 Å². The Morgan fingerprint density at radius 3 is 2.81 bits per heavy atom. The third kappa shape index (κ3) is 1.77. The Morgan fingerprint density at radius 1 is 1.50 bits per heavy atom. The Hall–Kier alpha value is -1.51. The maximum atomic E-state index is 7.65. The van der Waals surface area contributed by atoms with Gasteiger partial charge >= 0.3 is 0 Å². The number of nitrogens with one attached hydrogen (secondary N) is 1. The number of amidine groups is 1. The zero-order valence-corrected chi connectivity index (χ0v) is 9.96. The first kappa shape index (κ1) is 11.0. The zero-order chi connectivity index (χ0) is 11.7. The average Bonchev–Trinajstić information content (AvgIpc) is 2.64. The molecule has 0 radical (unpaired) electrons. The van der Waals surface area contributed by atoms with Gasteiger partial charge in [-0.05, 0) is 38.3 Å². The highest BCUT2D eigenvalue weighted by Gasteiger charge is 2.24. The van der Waals surface area contributed by atoms with Crippen LogP contribution in [0.3, 0.4) is 0 Å². The predicted molar refractivity (Wildman–Crippen MR) is 68.2 cm³/mol. The molecule has 3 heteroatoms. The van der Waals surface area contributed by atoms with Crippen molar-refractivity contribution in [2.24, 2.45) is 5.73 Å². The van der Waals surface area contributed by atoms with E-state index in [1.165, 1.54) is 18.4 Å². The van der Waals surface area contributed by atoms with Gasteiger partial charge in [-0.3, -0.25) is 5.41 Å². The van der Waals surface area contributed by atoms with Crippen LogP contribution in [-0.4, -0.2) is 18.4 Å². The number of aryl methyl sites for hydroxylation is 1. The summed E-state index contributed by atoms with van der Waals surface area (Å²) in [7, 11) is 0. The third-order valence-electron chi connectivity index (χ3n) is 3.37. The van der Waals surface area contributed by atoms with Crippen molar-refractivity contribution in [2.75, 3.05) is 11.4 Å². The molecule has 1 aromatic carbocycles. The molecule has 0 aliphatic carbocycles. The van der Waals surface area contributed by atoms with Crippen LogP contribution in [0, 0.1) is 12.3 Å². The van der Waals surface area contributed by atoms with E-state index < -0.39 is 0 Å². The molecule has 1 fully saturated rings. The minimum atomic E-state index is 0.165. The molecular formula is C13H19N3. The van der Waals surface area contributed by atoms with Gasteiger partial charge in [0.15, 0.2) is 0 Å². The van der Waals surface area contributed by atoms with E-state index in [2.05, 4.69) is 24.8 Å². The standard InChI is InChI=1S/C13H19N3/c1-9-5-3-7-11(13(14)15)12(9)16-8-4-6-10(16)2/h3,5,7,10H,4,6,8H2,1-2H3,(H3,14,15). The fourth-order valence-corrected chi connectivity index (χ4v) is 2.52. The molecule has 0 saturated carbocycles. The zero-order valence-electron chi connectivity index (χ0n) is 9.96. The molecule has 1 unspecified atom stereocenters. The molecule has 0 aromatic heterocycles. The predicted octanol–water partition coefficient (Wildman–Crippen LogP) is 2.27. The number of anilines is 1. The molecule has 1 saturated heterocycles. The molecule has 0 spiro atoms. The molecule has 0 amide bonds. The van der Waals surface area contributed by atoms with Crippen LogP contribution in [0.4, 0.5) is 5.69 Å². The smallest absolute Gasteiger partial charge is 0.124 e. The summed E-state index contributed by atoms with van der Waals surface area (Å²) in [6.07, 6.45) is 2.46. The largest absolute Gasteiger partial charge is 0.384 e. The minimum absolute atomic E-state index is 0.165. The summed E-state index contributed by atoms with van der Waals surface area (Å²) in [6.45, 7) is 5.41. The van der Waals surface area contributed by atoms with Crippen LogP contribution in [-0.2, 0) is 0 Å². The summed E-state index contributed by atoms with van der Waals surface area (Å²) >= 11 is 0. The lowest BCUT2D eigenvalue weighted by molar-refractivity contribution is 0.733. The first-order valence-corrected chi connectivity index (χ1v) is 5.82. The highest BCUT2D eigenvalue weighted by atomic mass is 15.2. The molecule has 3 N–H and O–H groups in total. The number of hydrogen-bond acceptors (Lipinski definition) is 2. The molecule has 0 bridgehead atoms. The molecule has 2 rings (SSSR count). The lowest BCUT2D eigenvalue weighted by atomic mass is 10.1. The van der Waals surface area contributed by atoms with E-state index in [1.54, 1.807) is 0 Å². The van der Waals surface area contributed by atoms with Gasteiger partial charge in [0, 0.05) is 18.2 Å². The fourth-order valence-electron chi connectivity index (χ4n) is 2.52. The van der Waals surface area contributed by atoms with Crippen LogP contribution in [0.2, 0.25) is 0 Å². The maximum absolute atomic E-state index is 7.65. The highest BCUT2D eigenvalue weighted by Crippen LogP contribution is 2.31. The van der Waals surface area contributed by atoms with E-state index in [0.717, 1.165) is 17.8 Å². The number of benzene rings is 1. The van der Waals surface area contributed by atoms with Gasteiger partial charge in [0.25, 0.3) is 0 Å². The van der Waals surface area contributed by atoms with E-state index in [9.17, 15) is 0 Å². The van der Waals surface area contributed by atoms with Crippen molar-refractivity contribution in [2.45, 2.75) is 32.7 Å². The summed E-state index contributed by atoms with van der Waals surface area (Å²) < 4.78 is 0. The second-order valence-corrected chi connectivity index (χ2v) is 4.57. The van der Waals surface area contributed by atoms with Crippen LogP contribution in [0.5, 0.6) is 0 Å². The Bertz CT molecular complexity index is 412. The Morgan fingerprint density at radius 2 is 2.25 bits per heavy atom. The second-order valence-electron chi connectivity index (χ2n) is 4.57. The van der Waals surface area contributed by atoms with Gasteiger partial charge in [-0.1, -0.05) is 12.1 Å². The summed E-state index contributed by atoms with van der Waals surface area (Å²) in [5.74, 6) is 0.165. The number of nitrogen functional groups attached to an aromatic ring is 1. The van der Waals surface area contributed by atoms with Crippen LogP contribution in [0.15, 0.2) is 18.2 Å². The average molecular weight is 217 g/mol. The van der Waals surface area contributed by atoms with Crippen LogP contribution in [0.1, 0.15) is 30.9 Å². The van der Waals surface area contributed by atoms with Gasteiger partial charge < -0.3 is 10.6 Å². The van der Waals surface area contributed by atoms with E-state index >= 15 is 0 Å².